The van der Waals surface area contributed by atoms with Gasteiger partial charge < -0.3 is 11.1 Å². The molecule has 5 heteroatoms. The number of hydrogen-bond donors (Lipinski definition) is 2. The fourth-order valence-corrected chi connectivity index (χ4v) is 1.79. The van der Waals surface area contributed by atoms with E-state index in [2.05, 4.69) is 10.4 Å². The second-order valence-corrected chi connectivity index (χ2v) is 4.57. The van der Waals surface area contributed by atoms with Crippen molar-refractivity contribution in [2.24, 2.45) is 5.73 Å². The van der Waals surface area contributed by atoms with E-state index in [0.29, 0.717) is 6.54 Å². The number of nitrogens with zero attached hydrogens (tertiary/aromatic N) is 2. The van der Waals surface area contributed by atoms with Gasteiger partial charge >= 0.3 is 0 Å². The molecular formula is C14H18N4O. The van der Waals surface area contributed by atoms with E-state index in [1.54, 1.807) is 10.9 Å². The van der Waals surface area contributed by atoms with Crippen LogP contribution in [-0.4, -0.2) is 15.7 Å². The van der Waals surface area contributed by atoms with Crippen molar-refractivity contribution in [2.75, 3.05) is 5.32 Å². The van der Waals surface area contributed by atoms with E-state index in [1.807, 2.05) is 44.3 Å². The summed E-state index contributed by atoms with van der Waals surface area (Å²) in [6, 6.07) is 7.17. The van der Waals surface area contributed by atoms with Crippen LogP contribution in [-0.2, 0) is 11.3 Å². The third kappa shape index (κ3) is 3.20. The molecule has 0 aliphatic heterocycles. The summed E-state index contributed by atoms with van der Waals surface area (Å²) in [6.45, 7) is 4.21. The lowest BCUT2D eigenvalue weighted by Gasteiger charge is -2.13. The molecule has 0 aliphatic carbocycles. The quantitative estimate of drug-likeness (QED) is 0.879. The molecule has 2 aromatic rings. The number of carbonyl (C=O) groups is 1. The number of benzene rings is 1. The average molecular weight is 258 g/mol. The summed E-state index contributed by atoms with van der Waals surface area (Å²) >= 11 is 0. The first-order valence-electron chi connectivity index (χ1n) is 6.21. The number of carbonyl (C=O) groups excluding carboxylic acids is 1. The van der Waals surface area contributed by atoms with Gasteiger partial charge in [0.25, 0.3) is 0 Å². The van der Waals surface area contributed by atoms with Gasteiger partial charge in [-0.3, -0.25) is 9.48 Å². The lowest BCUT2D eigenvalue weighted by molar-refractivity contribution is -0.119. The van der Waals surface area contributed by atoms with Gasteiger partial charge in [-0.25, -0.2) is 0 Å². The maximum atomic E-state index is 12.1. The first kappa shape index (κ1) is 13.3. The molecule has 0 radical (unpaired) electrons. The third-order valence-electron chi connectivity index (χ3n) is 2.94. The van der Waals surface area contributed by atoms with E-state index < -0.39 is 0 Å². The van der Waals surface area contributed by atoms with Gasteiger partial charge in [-0.1, -0.05) is 12.1 Å². The van der Waals surface area contributed by atoms with Gasteiger partial charge in [-0.2, -0.15) is 5.10 Å². The van der Waals surface area contributed by atoms with Crippen LogP contribution in [0.1, 0.15) is 24.1 Å². The fraction of sp³-hybridized carbons (Fsp3) is 0.286. The van der Waals surface area contributed by atoms with Crippen LogP contribution in [0, 0.1) is 6.92 Å². The highest BCUT2D eigenvalue weighted by atomic mass is 16.2. The molecule has 0 aliphatic rings. The van der Waals surface area contributed by atoms with E-state index in [-0.39, 0.29) is 11.9 Å². The fourth-order valence-electron chi connectivity index (χ4n) is 1.79. The molecule has 1 atom stereocenters. The minimum absolute atomic E-state index is 0.0997. The molecule has 3 N–H and O–H groups in total. The number of aryl methyl sites for hydroxylation is 1. The van der Waals surface area contributed by atoms with Crippen LogP contribution in [0.3, 0.4) is 0 Å². The Hall–Kier alpha value is -2.14. The van der Waals surface area contributed by atoms with Crippen LogP contribution in [0.4, 0.5) is 5.69 Å². The van der Waals surface area contributed by atoms with E-state index in [4.69, 9.17) is 5.73 Å². The lowest BCUT2D eigenvalue weighted by atomic mass is 10.2. The van der Waals surface area contributed by atoms with Crippen LogP contribution >= 0.6 is 0 Å². The number of nitrogens with one attached hydrogen (secondary N) is 1. The maximum Gasteiger partial charge on any atom is 0.248 e. The molecule has 19 heavy (non-hydrogen) atoms. The number of aromatic nitrogens is 2. The smallest absolute Gasteiger partial charge is 0.248 e. The Balaban J connectivity index is 2.08. The molecule has 0 spiro atoms. The minimum Gasteiger partial charge on any atom is -0.326 e. The number of hydrogen-bond acceptors (Lipinski definition) is 3. The van der Waals surface area contributed by atoms with E-state index in [1.165, 1.54) is 0 Å². The van der Waals surface area contributed by atoms with E-state index in [9.17, 15) is 4.79 Å². The average Bonchev–Trinajstić information content (AvgIpc) is 2.84. The zero-order valence-electron chi connectivity index (χ0n) is 11.1. The van der Waals surface area contributed by atoms with Crippen LogP contribution in [0.15, 0.2) is 36.7 Å². The molecule has 5 nitrogen and oxygen atoms in total. The Morgan fingerprint density at radius 3 is 2.95 bits per heavy atom. The molecule has 0 bridgehead atoms. The normalized spacial score (nSPS) is 12.2. The monoisotopic (exact) mass is 258 g/mol. The van der Waals surface area contributed by atoms with E-state index in [0.717, 1.165) is 16.8 Å². The van der Waals surface area contributed by atoms with Crippen LogP contribution in [0.5, 0.6) is 0 Å². The zero-order chi connectivity index (χ0) is 13.8. The largest absolute Gasteiger partial charge is 0.326 e. The number of rotatable bonds is 4. The maximum absolute atomic E-state index is 12.1. The summed E-state index contributed by atoms with van der Waals surface area (Å²) in [6.07, 6.45) is 3.58. The second kappa shape index (κ2) is 5.67. The first-order chi connectivity index (χ1) is 9.10. The molecule has 0 fully saturated rings. The van der Waals surface area contributed by atoms with Crippen LogP contribution in [0.25, 0.3) is 0 Å². The Bertz CT molecular complexity index is 576. The Morgan fingerprint density at radius 1 is 1.53 bits per heavy atom. The number of anilines is 1. The molecule has 1 heterocycles. The molecule has 2 rings (SSSR count). The zero-order valence-corrected chi connectivity index (χ0v) is 11.1. The van der Waals surface area contributed by atoms with Gasteiger partial charge in [0.2, 0.25) is 5.91 Å². The predicted octanol–water partition coefficient (Wildman–Crippen LogP) is 1.85. The topological polar surface area (TPSA) is 72.9 Å². The van der Waals surface area contributed by atoms with Gasteiger partial charge in [-0.15, -0.1) is 0 Å². The minimum atomic E-state index is -0.352. The molecule has 1 unspecified atom stereocenters. The van der Waals surface area contributed by atoms with Crippen molar-refractivity contribution in [3.05, 3.63) is 47.8 Å². The van der Waals surface area contributed by atoms with Crippen molar-refractivity contribution in [2.45, 2.75) is 26.4 Å². The number of nitrogens with two attached hydrogens (primary N) is 1. The Kier molecular flexibility index (Phi) is 3.97. The van der Waals surface area contributed by atoms with Crippen molar-refractivity contribution < 1.29 is 4.79 Å². The van der Waals surface area contributed by atoms with Crippen LogP contribution in [0.2, 0.25) is 0 Å². The third-order valence-corrected chi connectivity index (χ3v) is 2.94. The Morgan fingerprint density at radius 2 is 2.32 bits per heavy atom. The van der Waals surface area contributed by atoms with Gasteiger partial charge in [0.15, 0.2) is 0 Å². The summed E-state index contributed by atoms with van der Waals surface area (Å²) in [4.78, 5) is 12.1. The molecular weight excluding hydrogens is 240 g/mol. The van der Waals surface area contributed by atoms with Crippen molar-refractivity contribution in [3.63, 3.8) is 0 Å². The predicted molar refractivity (Wildman–Crippen MR) is 74.6 cm³/mol. The van der Waals surface area contributed by atoms with Gasteiger partial charge in [0, 0.05) is 18.4 Å². The highest BCUT2D eigenvalue weighted by Gasteiger charge is 2.15. The summed E-state index contributed by atoms with van der Waals surface area (Å²) in [7, 11) is 0. The summed E-state index contributed by atoms with van der Waals surface area (Å²) in [5.74, 6) is -0.0997. The lowest BCUT2D eigenvalue weighted by Crippen LogP contribution is -2.24. The summed E-state index contributed by atoms with van der Waals surface area (Å²) in [5.41, 5.74) is 8.35. The summed E-state index contributed by atoms with van der Waals surface area (Å²) < 4.78 is 1.65. The number of amides is 1. The van der Waals surface area contributed by atoms with Crippen molar-refractivity contribution >= 4 is 11.6 Å². The van der Waals surface area contributed by atoms with Crippen molar-refractivity contribution in [1.29, 1.82) is 0 Å². The Labute approximate surface area is 112 Å². The van der Waals surface area contributed by atoms with Gasteiger partial charge in [-0.05, 0) is 37.1 Å². The van der Waals surface area contributed by atoms with Gasteiger partial charge in [0.1, 0.15) is 6.04 Å². The van der Waals surface area contributed by atoms with Crippen molar-refractivity contribution in [3.8, 4) is 0 Å². The van der Waals surface area contributed by atoms with Gasteiger partial charge in [0.05, 0.1) is 6.20 Å². The molecule has 100 valence electrons. The molecule has 0 saturated heterocycles. The highest BCUT2D eigenvalue weighted by molar-refractivity contribution is 5.93. The second-order valence-electron chi connectivity index (χ2n) is 4.57. The molecule has 1 aromatic carbocycles. The standard InChI is InChI=1S/C14H18N4O/c1-10-8-16-18(9-10)11(2)14(19)17-13-5-3-4-12(6-13)7-15/h3-6,8-9,11H,7,15H2,1-2H3,(H,17,19). The first-order valence-corrected chi connectivity index (χ1v) is 6.21. The van der Waals surface area contributed by atoms with Crippen molar-refractivity contribution in [1.82, 2.24) is 9.78 Å². The highest BCUT2D eigenvalue weighted by Crippen LogP contribution is 2.13. The molecule has 1 aromatic heterocycles. The SMILES string of the molecule is Cc1cnn(C(C)C(=O)Nc2cccc(CN)c2)c1. The van der Waals surface area contributed by atoms with Crippen LogP contribution < -0.4 is 11.1 Å². The molecule has 1 amide bonds. The summed E-state index contributed by atoms with van der Waals surface area (Å²) in [5, 5.41) is 7.02. The van der Waals surface area contributed by atoms with E-state index >= 15 is 0 Å². The molecule has 0 saturated carbocycles.